The van der Waals surface area contributed by atoms with E-state index in [9.17, 15) is 0 Å². The number of nitrogens with one attached hydrogen (secondary N) is 1. The highest BCUT2D eigenvalue weighted by Crippen LogP contribution is 2.15. The molecular formula is C16H29N3O. The molecule has 4 nitrogen and oxygen atoms in total. The van der Waals surface area contributed by atoms with Crippen LogP contribution in [0.2, 0.25) is 0 Å². The lowest BCUT2D eigenvalue weighted by Gasteiger charge is -2.20. The molecular weight excluding hydrogens is 250 g/mol. The second-order valence-corrected chi connectivity index (χ2v) is 5.47. The first kappa shape index (κ1) is 16.9. The summed E-state index contributed by atoms with van der Waals surface area (Å²) in [7, 11) is 2.05. The van der Waals surface area contributed by atoms with Gasteiger partial charge in [-0.05, 0) is 45.4 Å². The van der Waals surface area contributed by atoms with Crippen molar-refractivity contribution in [2.24, 2.45) is 0 Å². The summed E-state index contributed by atoms with van der Waals surface area (Å²) in [5.41, 5.74) is 1.23. The molecule has 20 heavy (non-hydrogen) atoms. The number of anilines is 1. The van der Waals surface area contributed by atoms with Crippen LogP contribution in [0.25, 0.3) is 0 Å². The van der Waals surface area contributed by atoms with Crippen LogP contribution in [0.15, 0.2) is 18.3 Å². The number of hydrogen-bond acceptors (Lipinski definition) is 4. The molecule has 0 bridgehead atoms. The Morgan fingerprint density at radius 3 is 2.60 bits per heavy atom. The standard InChI is InChI=1S/C16H29N3O/c1-6-9-17-14(4)15-7-8-16(18-12-15)19(5)10-11-20-13(2)3/h7-8,12-14,17H,6,9-11H2,1-5H3. The highest BCUT2D eigenvalue weighted by molar-refractivity contribution is 5.38. The van der Waals surface area contributed by atoms with Crippen LogP contribution in [0, 0.1) is 0 Å². The molecule has 4 heteroatoms. The van der Waals surface area contributed by atoms with Crippen molar-refractivity contribution in [3.8, 4) is 0 Å². The second kappa shape index (κ2) is 8.93. The molecule has 114 valence electrons. The lowest BCUT2D eigenvalue weighted by molar-refractivity contribution is 0.0845. The maximum atomic E-state index is 5.56. The van der Waals surface area contributed by atoms with Crippen molar-refractivity contribution in [3.05, 3.63) is 23.9 Å². The van der Waals surface area contributed by atoms with Crippen LogP contribution < -0.4 is 10.2 Å². The van der Waals surface area contributed by atoms with Crippen LogP contribution in [0.3, 0.4) is 0 Å². The van der Waals surface area contributed by atoms with Gasteiger partial charge in [0, 0.05) is 25.8 Å². The maximum Gasteiger partial charge on any atom is 0.128 e. The van der Waals surface area contributed by atoms with E-state index in [2.05, 4.69) is 55.0 Å². The average molecular weight is 279 g/mol. The van der Waals surface area contributed by atoms with Crippen LogP contribution in [0.5, 0.6) is 0 Å². The monoisotopic (exact) mass is 279 g/mol. The van der Waals surface area contributed by atoms with Gasteiger partial charge in [-0.2, -0.15) is 0 Å². The van der Waals surface area contributed by atoms with Gasteiger partial charge in [-0.3, -0.25) is 0 Å². The Labute approximate surface area is 123 Å². The predicted octanol–water partition coefficient (Wildman–Crippen LogP) is 3.00. The normalized spacial score (nSPS) is 12.7. The van der Waals surface area contributed by atoms with E-state index in [0.717, 1.165) is 31.9 Å². The predicted molar refractivity (Wildman–Crippen MR) is 85.3 cm³/mol. The van der Waals surface area contributed by atoms with Gasteiger partial charge in [0.25, 0.3) is 0 Å². The number of aromatic nitrogens is 1. The van der Waals surface area contributed by atoms with Gasteiger partial charge in [-0.15, -0.1) is 0 Å². The van der Waals surface area contributed by atoms with Gasteiger partial charge in [0.1, 0.15) is 5.82 Å². The number of ether oxygens (including phenoxy) is 1. The second-order valence-electron chi connectivity index (χ2n) is 5.47. The molecule has 1 heterocycles. The van der Waals surface area contributed by atoms with Crippen LogP contribution in [-0.2, 0) is 4.74 Å². The topological polar surface area (TPSA) is 37.4 Å². The third-order valence-electron chi connectivity index (χ3n) is 3.24. The Hall–Kier alpha value is -1.13. The molecule has 0 saturated heterocycles. The third-order valence-corrected chi connectivity index (χ3v) is 3.24. The fourth-order valence-electron chi connectivity index (χ4n) is 1.90. The van der Waals surface area contributed by atoms with E-state index >= 15 is 0 Å². The first-order valence-electron chi connectivity index (χ1n) is 7.56. The fraction of sp³-hybridized carbons (Fsp3) is 0.688. The summed E-state index contributed by atoms with van der Waals surface area (Å²) in [6.45, 7) is 11.1. The van der Waals surface area contributed by atoms with Gasteiger partial charge in [-0.25, -0.2) is 4.98 Å². The summed E-state index contributed by atoms with van der Waals surface area (Å²) in [5.74, 6) is 0.990. The molecule has 1 aromatic rings. The van der Waals surface area contributed by atoms with Gasteiger partial charge in [0.15, 0.2) is 0 Å². The minimum Gasteiger partial charge on any atom is -0.377 e. The number of nitrogens with zero attached hydrogens (tertiary/aromatic N) is 2. The lowest BCUT2D eigenvalue weighted by Crippen LogP contribution is -2.25. The van der Waals surface area contributed by atoms with E-state index < -0.39 is 0 Å². The summed E-state index contributed by atoms with van der Waals surface area (Å²) < 4.78 is 5.56. The summed E-state index contributed by atoms with van der Waals surface area (Å²) >= 11 is 0. The summed E-state index contributed by atoms with van der Waals surface area (Å²) in [6.07, 6.45) is 3.39. The number of hydrogen-bond donors (Lipinski definition) is 1. The number of likely N-dealkylation sites (N-methyl/N-ethyl adjacent to an activating group) is 1. The molecule has 0 fully saturated rings. The zero-order valence-electron chi connectivity index (χ0n) is 13.5. The van der Waals surface area contributed by atoms with Gasteiger partial charge in [0.2, 0.25) is 0 Å². The fourth-order valence-corrected chi connectivity index (χ4v) is 1.90. The van der Waals surface area contributed by atoms with Crippen LogP contribution >= 0.6 is 0 Å². The molecule has 1 N–H and O–H groups in total. The molecule has 1 atom stereocenters. The van der Waals surface area contributed by atoms with E-state index in [1.807, 2.05) is 13.2 Å². The first-order chi connectivity index (χ1) is 9.54. The molecule has 0 aromatic carbocycles. The lowest BCUT2D eigenvalue weighted by atomic mass is 10.1. The minimum atomic E-state index is 0.282. The van der Waals surface area contributed by atoms with E-state index in [0.29, 0.717) is 6.04 Å². The maximum absolute atomic E-state index is 5.56. The molecule has 1 rings (SSSR count). The van der Waals surface area contributed by atoms with Gasteiger partial charge in [-0.1, -0.05) is 13.0 Å². The van der Waals surface area contributed by atoms with Crippen molar-refractivity contribution >= 4 is 5.82 Å². The molecule has 0 amide bonds. The quantitative estimate of drug-likeness (QED) is 0.754. The third kappa shape index (κ3) is 5.88. The van der Waals surface area contributed by atoms with Gasteiger partial charge < -0.3 is 15.0 Å². The van der Waals surface area contributed by atoms with Crippen molar-refractivity contribution in [2.75, 3.05) is 31.6 Å². The smallest absolute Gasteiger partial charge is 0.128 e. The van der Waals surface area contributed by atoms with Crippen molar-refractivity contribution < 1.29 is 4.74 Å². The molecule has 0 aliphatic carbocycles. The Morgan fingerprint density at radius 1 is 1.30 bits per heavy atom. The summed E-state index contributed by atoms with van der Waals surface area (Å²) in [4.78, 5) is 6.66. The van der Waals surface area contributed by atoms with Crippen molar-refractivity contribution in [1.82, 2.24) is 10.3 Å². The van der Waals surface area contributed by atoms with Gasteiger partial charge in [0.05, 0.1) is 12.7 Å². The Kier molecular flexibility index (Phi) is 7.55. The Bertz CT molecular complexity index is 364. The molecule has 0 spiro atoms. The molecule has 0 aliphatic rings. The van der Waals surface area contributed by atoms with Crippen LogP contribution in [-0.4, -0.2) is 37.8 Å². The zero-order valence-corrected chi connectivity index (χ0v) is 13.5. The summed E-state index contributed by atoms with van der Waals surface area (Å²) in [6, 6.07) is 4.58. The largest absolute Gasteiger partial charge is 0.377 e. The SMILES string of the molecule is CCCNC(C)c1ccc(N(C)CCOC(C)C)nc1. The number of pyridine rings is 1. The van der Waals surface area contributed by atoms with Crippen LogP contribution in [0.1, 0.15) is 45.7 Å². The van der Waals surface area contributed by atoms with Crippen molar-refractivity contribution in [2.45, 2.75) is 46.3 Å². The van der Waals surface area contributed by atoms with Crippen molar-refractivity contribution in [3.63, 3.8) is 0 Å². The highest BCUT2D eigenvalue weighted by Gasteiger charge is 2.07. The highest BCUT2D eigenvalue weighted by atomic mass is 16.5. The molecule has 1 aromatic heterocycles. The summed E-state index contributed by atoms with van der Waals surface area (Å²) in [5, 5.41) is 3.47. The number of rotatable bonds is 9. The van der Waals surface area contributed by atoms with E-state index in [1.165, 1.54) is 5.56 Å². The van der Waals surface area contributed by atoms with Crippen molar-refractivity contribution in [1.29, 1.82) is 0 Å². The Morgan fingerprint density at radius 2 is 2.05 bits per heavy atom. The first-order valence-corrected chi connectivity index (χ1v) is 7.56. The van der Waals surface area contributed by atoms with Gasteiger partial charge >= 0.3 is 0 Å². The minimum absolute atomic E-state index is 0.282. The van der Waals surface area contributed by atoms with E-state index in [-0.39, 0.29) is 6.10 Å². The molecule has 0 saturated carbocycles. The zero-order chi connectivity index (χ0) is 15.0. The molecule has 0 radical (unpaired) electrons. The van der Waals surface area contributed by atoms with E-state index in [4.69, 9.17) is 4.74 Å². The molecule has 1 unspecified atom stereocenters. The van der Waals surface area contributed by atoms with E-state index in [1.54, 1.807) is 0 Å². The van der Waals surface area contributed by atoms with Crippen LogP contribution in [0.4, 0.5) is 5.82 Å². The average Bonchev–Trinajstić information content (AvgIpc) is 2.44. The Balaban J connectivity index is 2.48. The molecule has 0 aliphatic heterocycles.